The first kappa shape index (κ1) is 19.0. The van der Waals surface area contributed by atoms with Crippen LogP contribution in [0.15, 0.2) is 0 Å². The fraction of sp³-hybridized carbons (Fsp3) is 0.933. The van der Waals surface area contributed by atoms with Gasteiger partial charge in [-0.1, -0.05) is 12.8 Å². The van der Waals surface area contributed by atoms with Gasteiger partial charge in [0, 0.05) is 44.7 Å². The van der Waals surface area contributed by atoms with Gasteiger partial charge in [0.2, 0.25) is 5.91 Å². The lowest BCUT2D eigenvalue weighted by Crippen LogP contribution is -2.49. The quantitative estimate of drug-likeness (QED) is 0.692. The predicted molar refractivity (Wildman–Crippen MR) is 94.6 cm³/mol. The first-order valence-electron chi connectivity index (χ1n) is 8.48. The molecule has 1 saturated carbocycles. The SMILES string of the molecule is CN(C)S(=O)(=O)N1CCC[C@H](C(=O)NCCSC2CCCC2)C1. The van der Waals surface area contributed by atoms with E-state index in [4.69, 9.17) is 0 Å². The van der Waals surface area contributed by atoms with Crippen molar-refractivity contribution in [3.8, 4) is 0 Å². The van der Waals surface area contributed by atoms with Crippen molar-refractivity contribution in [2.45, 2.75) is 43.8 Å². The molecule has 1 heterocycles. The van der Waals surface area contributed by atoms with E-state index in [9.17, 15) is 13.2 Å². The smallest absolute Gasteiger partial charge is 0.281 e. The Balaban J connectivity index is 1.73. The van der Waals surface area contributed by atoms with Crippen LogP contribution in [0.1, 0.15) is 38.5 Å². The lowest BCUT2D eigenvalue weighted by atomic mass is 9.99. The standard InChI is InChI=1S/C15H29N3O3S2/c1-17(2)23(20,21)18-10-5-6-13(12-18)15(19)16-9-11-22-14-7-3-4-8-14/h13-14H,3-12H2,1-2H3,(H,16,19)/t13-/m0/s1. The molecule has 2 rings (SSSR count). The lowest BCUT2D eigenvalue weighted by molar-refractivity contribution is -0.125. The van der Waals surface area contributed by atoms with Gasteiger partial charge in [-0.25, -0.2) is 0 Å². The van der Waals surface area contributed by atoms with Crippen LogP contribution in [0.4, 0.5) is 0 Å². The fourth-order valence-electron chi connectivity index (χ4n) is 3.20. The highest BCUT2D eigenvalue weighted by atomic mass is 32.2. The van der Waals surface area contributed by atoms with Crippen LogP contribution in [0.3, 0.4) is 0 Å². The normalized spacial score (nSPS) is 24.2. The zero-order valence-corrected chi connectivity index (χ0v) is 15.8. The first-order chi connectivity index (χ1) is 10.9. The van der Waals surface area contributed by atoms with E-state index < -0.39 is 10.2 Å². The largest absolute Gasteiger partial charge is 0.355 e. The zero-order chi connectivity index (χ0) is 16.9. The summed E-state index contributed by atoms with van der Waals surface area (Å²) in [7, 11) is -0.366. The maximum Gasteiger partial charge on any atom is 0.281 e. The van der Waals surface area contributed by atoms with E-state index in [1.165, 1.54) is 48.4 Å². The summed E-state index contributed by atoms with van der Waals surface area (Å²) >= 11 is 1.95. The molecule has 1 aliphatic heterocycles. The molecule has 1 aliphatic carbocycles. The molecule has 1 amide bonds. The average molecular weight is 364 g/mol. The number of hydrogen-bond acceptors (Lipinski definition) is 4. The van der Waals surface area contributed by atoms with Gasteiger partial charge < -0.3 is 5.32 Å². The summed E-state index contributed by atoms with van der Waals surface area (Å²) in [5, 5.41) is 3.75. The Hall–Kier alpha value is -0.310. The molecule has 23 heavy (non-hydrogen) atoms. The van der Waals surface area contributed by atoms with E-state index in [0.29, 0.717) is 19.6 Å². The second-order valence-corrected chi connectivity index (χ2v) is 10.1. The van der Waals surface area contributed by atoms with Gasteiger partial charge in [0.1, 0.15) is 0 Å². The van der Waals surface area contributed by atoms with Crippen LogP contribution < -0.4 is 5.32 Å². The van der Waals surface area contributed by atoms with Crippen molar-refractivity contribution in [1.82, 2.24) is 13.9 Å². The van der Waals surface area contributed by atoms with Gasteiger partial charge in [-0.2, -0.15) is 28.8 Å². The number of amides is 1. The summed E-state index contributed by atoms with van der Waals surface area (Å²) in [4.78, 5) is 12.3. The molecule has 0 unspecified atom stereocenters. The van der Waals surface area contributed by atoms with Crippen molar-refractivity contribution in [2.75, 3.05) is 39.5 Å². The van der Waals surface area contributed by atoms with Gasteiger partial charge in [-0.3, -0.25) is 4.79 Å². The molecule has 0 spiro atoms. The lowest BCUT2D eigenvalue weighted by Gasteiger charge is -2.32. The molecule has 0 bridgehead atoms. The minimum absolute atomic E-state index is 0.00400. The Morgan fingerprint density at radius 1 is 1.22 bits per heavy atom. The molecule has 2 fully saturated rings. The van der Waals surface area contributed by atoms with Crippen molar-refractivity contribution in [3.05, 3.63) is 0 Å². The molecule has 1 atom stereocenters. The van der Waals surface area contributed by atoms with E-state index in [2.05, 4.69) is 5.32 Å². The third-order valence-electron chi connectivity index (χ3n) is 4.60. The molecule has 134 valence electrons. The van der Waals surface area contributed by atoms with Crippen LogP contribution in [0.25, 0.3) is 0 Å². The molecular weight excluding hydrogens is 334 g/mol. The molecule has 1 N–H and O–H groups in total. The third-order valence-corrected chi connectivity index (χ3v) is 7.89. The van der Waals surface area contributed by atoms with Crippen molar-refractivity contribution in [1.29, 1.82) is 0 Å². The third kappa shape index (κ3) is 5.34. The Morgan fingerprint density at radius 3 is 2.57 bits per heavy atom. The monoisotopic (exact) mass is 363 g/mol. The summed E-state index contributed by atoms with van der Waals surface area (Å²) in [5.41, 5.74) is 0. The number of nitrogens with zero attached hydrogens (tertiary/aromatic N) is 2. The minimum atomic E-state index is -3.42. The number of nitrogens with one attached hydrogen (secondary N) is 1. The number of hydrogen-bond donors (Lipinski definition) is 1. The molecular formula is C15H29N3O3S2. The number of carbonyl (C=O) groups excluding carboxylic acids is 1. The Morgan fingerprint density at radius 2 is 1.91 bits per heavy atom. The highest BCUT2D eigenvalue weighted by molar-refractivity contribution is 7.99. The van der Waals surface area contributed by atoms with Gasteiger partial charge >= 0.3 is 0 Å². The number of carbonyl (C=O) groups is 1. The summed E-state index contributed by atoms with van der Waals surface area (Å²) in [6.45, 7) is 1.47. The van der Waals surface area contributed by atoms with E-state index in [1.807, 2.05) is 11.8 Å². The van der Waals surface area contributed by atoms with Crippen molar-refractivity contribution >= 4 is 27.9 Å². The van der Waals surface area contributed by atoms with Crippen molar-refractivity contribution < 1.29 is 13.2 Å². The zero-order valence-electron chi connectivity index (χ0n) is 14.2. The topological polar surface area (TPSA) is 69.7 Å². The van der Waals surface area contributed by atoms with Gasteiger partial charge in [-0.15, -0.1) is 0 Å². The van der Waals surface area contributed by atoms with E-state index in [0.717, 1.165) is 23.8 Å². The molecule has 0 radical (unpaired) electrons. The van der Waals surface area contributed by atoms with Gasteiger partial charge in [0.25, 0.3) is 10.2 Å². The molecule has 0 aromatic rings. The molecule has 2 aliphatic rings. The van der Waals surface area contributed by atoms with Crippen LogP contribution in [-0.2, 0) is 15.0 Å². The number of piperidine rings is 1. The molecule has 0 aromatic carbocycles. The summed E-state index contributed by atoms with van der Waals surface area (Å²) in [6, 6.07) is 0. The number of thioether (sulfide) groups is 1. The van der Waals surface area contributed by atoms with Crippen LogP contribution in [0.5, 0.6) is 0 Å². The van der Waals surface area contributed by atoms with Gasteiger partial charge in [0.15, 0.2) is 0 Å². The maximum atomic E-state index is 12.3. The Bertz CT molecular complexity index is 490. The molecule has 1 saturated heterocycles. The van der Waals surface area contributed by atoms with Gasteiger partial charge in [-0.05, 0) is 25.7 Å². The van der Waals surface area contributed by atoms with Crippen molar-refractivity contribution in [2.24, 2.45) is 5.92 Å². The summed E-state index contributed by atoms with van der Waals surface area (Å²) < 4.78 is 27.0. The molecule has 6 nitrogen and oxygen atoms in total. The van der Waals surface area contributed by atoms with Crippen LogP contribution in [0, 0.1) is 5.92 Å². The highest BCUT2D eigenvalue weighted by Crippen LogP contribution is 2.29. The maximum absolute atomic E-state index is 12.3. The fourth-order valence-corrected chi connectivity index (χ4v) is 5.61. The predicted octanol–water partition coefficient (Wildman–Crippen LogP) is 1.30. The Labute approximate surface area is 144 Å². The molecule has 0 aromatic heterocycles. The highest BCUT2D eigenvalue weighted by Gasteiger charge is 2.33. The van der Waals surface area contributed by atoms with Crippen LogP contribution >= 0.6 is 11.8 Å². The summed E-state index contributed by atoms with van der Waals surface area (Å²) in [5.74, 6) is 0.716. The second kappa shape index (κ2) is 8.69. The van der Waals surface area contributed by atoms with E-state index in [-0.39, 0.29) is 11.8 Å². The van der Waals surface area contributed by atoms with Gasteiger partial charge in [0.05, 0.1) is 5.92 Å². The van der Waals surface area contributed by atoms with Crippen molar-refractivity contribution in [3.63, 3.8) is 0 Å². The molecule has 8 heteroatoms. The van der Waals surface area contributed by atoms with Crippen LogP contribution in [-0.4, -0.2) is 67.7 Å². The van der Waals surface area contributed by atoms with Crippen LogP contribution in [0.2, 0.25) is 0 Å². The first-order valence-corrected chi connectivity index (χ1v) is 10.9. The average Bonchev–Trinajstić information content (AvgIpc) is 3.04. The van der Waals surface area contributed by atoms with E-state index in [1.54, 1.807) is 0 Å². The van der Waals surface area contributed by atoms with E-state index >= 15 is 0 Å². The minimum Gasteiger partial charge on any atom is -0.355 e. The summed E-state index contributed by atoms with van der Waals surface area (Å²) in [6.07, 6.45) is 6.78. The number of rotatable bonds is 7. The Kier molecular flexibility index (Phi) is 7.19. The second-order valence-electron chi connectivity index (χ2n) is 6.56.